The molecule has 1 aromatic carbocycles. The monoisotopic (exact) mass is 258 g/mol. The Morgan fingerprint density at radius 3 is 2.89 bits per heavy atom. The molecule has 0 fully saturated rings. The summed E-state index contributed by atoms with van der Waals surface area (Å²) in [5.41, 5.74) is 2.27. The molecule has 0 unspecified atom stereocenters. The molecular weight excluding hydrogens is 248 g/mol. The molecule has 96 valence electrons. The molecule has 0 bridgehead atoms. The maximum atomic E-state index is 11.9. The van der Waals surface area contributed by atoms with Gasteiger partial charge in [0.15, 0.2) is 11.3 Å². The molecule has 2 aromatic heterocycles. The summed E-state index contributed by atoms with van der Waals surface area (Å²) >= 11 is 0. The Labute approximate surface area is 107 Å². The number of carbonyl (C=O) groups excluding carboxylic acids is 1. The van der Waals surface area contributed by atoms with Crippen LogP contribution in [0.1, 0.15) is 16.1 Å². The zero-order chi connectivity index (χ0) is 13.4. The molecule has 0 atom stereocenters. The molecule has 0 aliphatic carbocycles. The van der Waals surface area contributed by atoms with Gasteiger partial charge in [0.1, 0.15) is 0 Å². The zero-order valence-corrected chi connectivity index (χ0v) is 10.0. The molecule has 1 amide bonds. The van der Waals surface area contributed by atoms with Crippen molar-refractivity contribution in [1.29, 1.82) is 0 Å². The van der Waals surface area contributed by atoms with Crippen molar-refractivity contribution in [3.05, 3.63) is 52.4 Å². The summed E-state index contributed by atoms with van der Waals surface area (Å²) in [6.07, 6.45) is 1.46. The lowest BCUT2D eigenvalue weighted by Crippen LogP contribution is -2.11. The average molecular weight is 258 g/mol. The molecule has 6 heteroatoms. The van der Waals surface area contributed by atoms with Crippen molar-refractivity contribution in [3.8, 4) is 0 Å². The highest BCUT2D eigenvalue weighted by molar-refractivity contribution is 6.03. The topological polar surface area (TPSA) is 88.2 Å². The maximum Gasteiger partial charge on any atom is 0.417 e. The van der Waals surface area contributed by atoms with Crippen molar-refractivity contribution in [2.24, 2.45) is 0 Å². The number of hydrogen-bond acceptors (Lipinski definition) is 4. The van der Waals surface area contributed by atoms with Crippen LogP contribution in [-0.4, -0.2) is 10.9 Å². The van der Waals surface area contributed by atoms with E-state index in [2.05, 4.69) is 10.3 Å². The van der Waals surface area contributed by atoms with Gasteiger partial charge in [0.25, 0.3) is 5.91 Å². The number of oxazole rings is 1. The molecule has 2 heterocycles. The highest BCUT2D eigenvalue weighted by atomic mass is 16.4. The second-order valence-corrected chi connectivity index (χ2v) is 4.11. The number of benzene rings is 1. The Morgan fingerprint density at radius 1 is 1.32 bits per heavy atom. The Hall–Kier alpha value is -2.76. The third-order valence-corrected chi connectivity index (χ3v) is 2.75. The molecule has 0 aliphatic rings. The van der Waals surface area contributed by atoms with E-state index in [-0.39, 0.29) is 11.7 Å². The van der Waals surface area contributed by atoms with Crippen molar-refractivity contribution in [1.82, 2.24) is 4.98 Å². The van der Waals surface area contributed by atoms with Gasteiger partial charge in [-0.2, -0.15) is 0 Å². The Kier molecular flexibility index (Phi) is 2.49. The third-order valence-electron chi connectivity index (χ3n) is 2.75. The normalized spacial score (nSPS) is 10.8. The summed E-state index contributed by atoms with van der Waals surface area (Å²) in [7, 11) is 0. The van der Waals surface area contributed by atoms with Gasteiger partial charge in [-0.3, -0.25) is 9.78 Å². The van der Waals surface area contributed by atoms with Gasteiger partial charge in [0, 0.05) is 11.3 Å². The Balaban J connectivity index is 1.91. The molecule has 0 saturated carbocycles. The van der Waals surface area contributed by atoms with E-state index >= 15 is 0 Å². The number of furan rings is 1. The van der Waals surface area contributed by atoms with Crippen LogP contribution in [0.4, 0.5) is 5.69 Å². The van der Waals surface area contributed by atoms with Gasteiger partial charge in [-0.05, 0) is 31.2 Å². The van der Waals surface area contributed by atoms with Crippen molar-refractivity contribution in [2.45, 2.75) is 6.92 Å². The van der Waals surface area contributed by atoms with Crippen LogP contribution in [0.25, 0.3) is 11.1 Å². The fraction of sp³-hybridized carbons (Fsp3) is 0.0769. The number of nitrogens with one attached hydrogen (secondary N) is 2. The van der Waals surface area contributed by atoms with Gasteiger partial charge in [-0.1, -0.05) is 0 Å². The second-order valence-electron chi connectivity index (χ2n) is 4.11. The zero-order valence-electron chi connectivity index (χ0n) is 10.0. The highest BCUT2D eigenvalue weighted by Gasteiger charge is 2.13. The highest BCUT2D eigenvalue weighted by Crippen LogP contribution is 2.18. The number of anilines is 1. The number of aryl methyl sites for hydroxylation is 1. The first-order chi connectivity index (χ1) is 9.13. The van der Waals surface area contributed by atoms with Crippen LogP contribution in [0.3, 0.4) is 0 Å². The Bertz CT molecular complexity index is 809. The van der Waals surface area contributed by atoms with E-state index in [1.807, 2.05) is 0 Å². The summed E-state index contributed by atoms with van der Waals surface area (Å²) in [4.78, 5) is 25.5. The van der Waals surface area contributed by atoms with E-state index in [0.29, 0.717) is 16.8 Å². The van der Waals surface area contributed by atoms with E-state index in [1.165, 1.54) is 6.26 Å². The first kappa shape index (κ1) is 11.3. The summed E-state index contributed by atoms with van der Waals surface area (Å²) < 4.78 is 9.98. The van der Waals surface area contributed by atoms with Gasteiger partial charge >= 0.3 is 5.76 Å². The van der Waals surface area contributed by atoms with Gasteiger partial charge in [-0.25, -0.2) is 4.79 Å². The van der Waals surface area contributed by atoms with Crippen LogP contribution in [0.2, 0.25) is 0 Å². The minimum Gasteiger partial charge on any atom is -0.459 e. The van der Waals surface area contributed by atoms with Crippen molar-refractivity contribution in [2.75, 3.05) is 5.32 Å². The molecule has 0 saturated heterocycles. The van der Waals surface area contributed by atoms with Gasteiger partial charge in [0.05, 0.1) is 11.8 Å². The number of aromatic nitrogens is 1. The Morgan fingerprint density at radius 2 is 2.16 bits per heavy atom. The number of rotatable bonds is 2. The SMILES string of the molecule is Cc1ccoc1C(=O)Nc1ccc2oc(=O)[nH]c2c1. The quantitative estimate of drug-likeness (QED) is 0.738. The van der Waals surface area contributed by atoms with E-state index in [9.17, 15) is 9.59 Å². The molecule has 3 aromatic rings. The van der Waals surface area contributed by atoms with Gasteiger partial charge in [-0.15, -0.1) is 0 Å². The molecule has 6 nitrogen and oxygen atoms in total. The second kappa shape index (κ2) is 4.16. The number of fused-ring (bicyclic) bond motifs is 1. The number of carbonyl (C=O) groups is 1. The van der Waals surface area contributed by atoms with Crippen molar-refractivity contribution >= 4 is 22.7 Å². The summed E-state index contributed by atoms with van der Waals surface area (Å²) in [5, 5.41) is 2.69. The lowest BCUT2D eigenvalue weighted by Gasteiger charge is -2.03. The maximum absolute atomic E-state index is 11.9. The van der Waals surface area contributed by atoms with Crippen LogP contribution in [0.15, 0.2) is 44.2 Å². The first-order valence-corrected chi connectivity index (χ1v) is 5.62. The molecule has 0 spiro atoms. The summed E-state index contributed by atoms with van der Waals surface area (Å²) in [6, 6.07) is 6.59. The average Bonchev–Trinajstić information content (AvgIpc) is 2.93. The van der Waals surface area contributed by atoms with Crippen LogP contribution >= 0.6 is 0 Å². The summed E-state index contributed by atoms with van der Waals surface area (Å²) in [6.45, 7) is 1.79. The molecule has 19 heavy (non-hydrogen) atoms. The molecule has 2 N–H and O–H groups in total. The lowest BCUT2D eigenvalue weighted by atomic mass is 10.2. The van der Waals surface area contributed by atoms with E-state index < -0.39 is 5.76 Å². The molecule has 0 radical (unpaired) electrons. The third kappa shape index (κ3) is 2.03. The minimum atomic E-state index is -0.527. The first-order valence-electron chi connectivity index (χ1n) is 5.62. The smallest absolute Gasteiger partial charge is 0.417 e. The van der Waals surface area contributed by atoms with Crippen LogP contribution < -0.4 is 11.1 Å². The van der Waals surface area contributed by atoms with Gasteiger partial charge < -0.3 is 14.2 Å². The van der Waals surface area contributed by atoms with Crippen molar-refractivity contribution in [3.63, 3.8) is 0 Å². The summed E-state index contributed by atoms with van der Waals surface area (Å²) in [5.74, 6) is -0.603. The van der Waals surface area contributed by atoms with Crippen molar-refractivity contribution < 1.29 is 13.6 Å². The predicted molar refractivity (Wildman–Crippen MR) is 68.2 cm³/mol. The molecule has 3 rings (SSSR count). The number of amides is 1. The fourth-order valence-corrected chi connectivity index (χ4v) is 1.82. The van der Waals surface area contributed by atoms with E-state index in [0.717, 1.165) is 5.56 Å². The number of hydrogen-bond donors (Lipinski definition) is 2. The largest absolute Gasteiger partial charge is 0.459 e. The molecular formula is C13H10N2O4. The van der Waals surface area contributed by atoms with E-state index in [4.69, 9.17) is 8.83 Å². The standard InChI is InChI=1S/C13H10N2O4/c1-7-4-5-18-11(7)12(16)14-8-2-3-10-9(6-8)15-13(17)19-10/h2-6H,1H3,(H,14,16)(H,15,17). The fourth-order valence-electron chi connectivity index (χ4n) is 1.82. The lowest BCUT2D eigenvalue weighted by molar-refractivity contribution is 0.0996. The predicted octanol–water partition coefficient (Wildman–Crippen LogP) is 2.27. The van der Waals surface area contributed by atoms with Crippen LogP contribution in [-0.2, 0) is 0 Å². The minimum absolute atomic E-state index is 0.265. The van der Waals surface area contributed by atoms with Gasteiger partial charge in [0.2, 0.25) is 0 Å². The molecule has 0 aliphatic heterocycles. The van der Waals surface area contributed by atoms with Crippen LogP contribution in [0, 0.1) is 6.92 Å². The number of aromatic amines is 1. The van der Waals surface area contributed by atoms with Crippen LogP contribution in [0.5, 0.6) is 0 Å². The number of H-pyrrole nitrogens is 1. The van der Waals surface area contributed by atoms with E-state index in [1.54, 1.807) is 31.2 Å².